The maximum absolute atomic E-state index is 14.4. The van der Waals surface area contributed by atoms with Crippen molar-refractivity contribution in [3.05, 3.63) is 141 Å². The van der Waals surface area contributed by atoms with Crippen LogP contribution in [0.15, 0.2) is 95.9 Å². The number of nitrogens with zero attached hydrogens (tertiary/aromatic N) is 3. The normalized spacial score (nSPS) is 13.7. The van der Waals surface area contributed by atoms with E-state index in [1.54, 1.807) is 6.07 Å². The van der Waals surface area contributed by atoms with Crippen molar-refractivity contribution >= 4 is 23.1 Å². The highest BCUT2D eigenvalue weighted by Gasteiger charge is 2.26. The smallest absolute Gasteiger partial charge is 0.294 e. The SMILES string of the molecule is O=C(/C=C(\O)c1cc(Cc2cc(F)cc(F)c2)cn(Cc2ccccc2F)c1=O)C(=O)N1CCN(c2ccccc2)CC1. The van der Waals surface area contributed by atoms with Gasteiger partial charge in [0, 0.05) is 55.8 Å². The van der Waals surface area contributed by atoms with Crippen LogP contribution >= 0.6 is 0 Å². The van der Waals surface area contributed by atoms with Crippen molar-refractivity contribution in [1.82, 2.24) is 9.47 Å². The average molecular weight is 588 g/mol. The Labute approximate surface area is 245 Å². The number of halogens is 3. The first-order valence-electron chi connectivity index (χ1n) is 13.6. The average Bonchev–Trinajstić information content (AvgIpc) is 2.99. The van der Waals surface area contributed by atoms with Crippen molar-refractivity contribution in [1.29, 1.82) is 0 Å². The van der Waals surface area contributed by atoms with Crippen LogP contribution < -0.4 is 10.5 Å². The van der Waals surface area contributed by atoms with Crippen LogP contribution in [0.4, 0.5) is 18.9 Å². The lowest BCUT2D eigenvalue weighted by molar-refractivity contribution is -0.142. The van der Waals surface area contributed by atoms with Gasteiger partial charge in [0.25, 0.3) is 11.5 Å². The predicted octanol–water partition coefficient (Wildman–Crippen LogP) is 4.72. The van der Waals surface area contributed by atoms with Crippen molar-refractivity contribution in [2.24, 2.45) is 0 Å². The molecular formula is C33H28F3N3O4. The third-order valence-corrected chi connectivity index (χ3v) is 7.21. The van der Waals surface area contributed by atoms with E-state index in [4.69, 9.17) is 0 Å². The van der Waals surface area contributed by atoms with Gasteiger partial charge in [-0.1, -0.05) is 36.4 Å². The maximum atomic E-state index is 14.4. The Kier molecular flexibility index (Phi) is 8.75. The number of carbonyl (C=O) groups excluding carboxylic acids is 2. The number of aliphatic hydroxyl groups excluding tert-OH is 1. The first-order valence-corrected chi connectivity index (χ1v) is 13.6. The number of hydrogen-bond acceptors (Lipinski definition) is 5. The van der Waals surface area contributed by atoms with E-state index in [9.17, 15) is 32.7 Å². The van der Waals surface area contributed by atoms with Gasteiger partial charge in [-0.25, -0.2) is 13.2 Å². The molecule has 0 saturated carbocycles. The highest BCUT2D eigenvalue weighted by Crippen LogP contribution is 2.19. The van der Waals surface area contributed by atoms with Gasteiger partial charge in [0.05, 0.1) is 12.1 Å². The largest absolute Gasteiger partial charge is 0.507 e. The Morgan fingerprint density at radius 3 is 2.14 bits per heavy atom. The van der Waals surface area contributed by atoms with Gasteiger partial charge in [-0.2, -0.15) is 0 Å². The lowest BCUT2D eigenvalue weighted by atomic mass is 10.0. The Bertz CT molecular complexity index is 1730. The quantitative estimate of drug-likeness (QED) is 0.183. The predicted molar refractivity (Wildman–Crippen MR) is 156 cm³/mol. The molecule has 1 fully saturated rings. The molecule has 1 amide bonds. The van der Waals surface area contributed by atoms with E-state index in [1.807, 2.05) is 30.3 Å². The third-order valence-electron chi connectivity index (χ3n) is 7.21. The molecule has 1 aliphatic rings. The Morgan fingerprint density at radius 2 is 1.47 bits per heavy atom. The highest BCUT2D eigenvalue weighted by atomic mass is 19.1. The summed E-state index contributed by atoms with van der Waals surface area (Å²) in [5, 5.41) is 10.9. The summed E-state index contributed by atoms with van der Waals surface area (Å²) in [5.74, 6) is -4.71. The summed E-state index contributed by atoms with van der Waals surface area (Å²) in [7, 11) is 0. The van der Waals surface area contributed by atoms with Crippen LogP contribution in [0, 0.1) is 17.5 Å². The monoisotopic (exact) mass is 587 g/mol. The number of hydrogen-bond donors (Lipinski definition) is 1. The summed E-state index contributed by atoms with van der Waals surface area (Å²) < 4.78 is 43.2. The van der Waals surface area contributed by atoms with E-state index >= 15 is 0 Å². The molecule has 0 aliphatic carbocycles. The molecule has 220 valence electrons. The van der Waals surface area contributed by atoms with E-state index in [-0.39, 0.29) is 29.7 Å². The number of aromatic nitrogens is 1. The molecule has 2 heterocycles. The summed E-state index contributed by atoms with van der Waals surface area (Å²) in [6.07, 6.45) is 2.06. The molecule has 4 aromatic rings. The molecule has 0 radical (unpaired) electrons. The van der Waals surface area contributed by atoms with E-state index in [1.165, 1.54) is 35.4 Å². The van der Waals surface area contributed by atoms with Crippen molar-refractivity contribution in [2.75, 3.05) is 31.1 Å². The third kappa shape index (κ3) is 7.03. The van der Waals surface area contributed by atoms with Crippen LogP contribution in [0.25, 0.3) is 5.76 Å². The number of anilines is 1. The van der Waals surface area contributed by atoms with Crippen molar-refractivity contribution in [3.8, 4) is 0 Å². The number of amides is 1. The second-order valence-corrected chi connectivity index (χ2v) is 10.2. The minimum atomic E-state index is -1.01. The lowest BCUT2D eigenvalue weighted by Crippen LogP contribution is -2.50. The van der Waals surface area contributed by atoms with Gasteiger partial charge in [-0.3, -0.25) is 14.4 Å². The number of carbonyl (C=O) groups is 2. The fourth-order valence-corrected chi connectivity index (χ4v) is 5.08. The summed E-state index contributed by atoms with van der Waals surface area (Å²) in [5.41, 5.74) is 0.735. The summed E-state index contributed by atoms with van der Waals surface area (Å²) in [6, 6.07) is 19.8. The van der Waals surface area contributed by atoms with Gasteiger partial charge >= 0.3 is 0 Å². The number of para-hydroxylation sites is 1. The lowest BCUT2D eigenvalue weighted by Gasteiger charge is -2.35. The second-order valence-electron chi connectivity index (χ2n) is 10.2. The molecule has 0 spiro atoms. The van der Waals surface area contributed by atoms with Crippen molar-refractivity contribution in [2.45, 2.75) is 13.0 Å². The highest BCUT2D eigenvalue weighted by molar-refractivity contribution is 6.41. The fraction of sp³-hybridized carbons (Fsp3) is 0.182. The number of aliphatic hydroxyl groups is 1. The molecule has 1 saturated heterocycles. The molecule has 0 unspecified atom stereocenters. The molecule has 3 aromatic carbocycles. The standard InChI is InChI=1S/C33H28F3N3O4/c34-25-15-22(16-26(35)18-25)14-23-17-28(32(42)39(20-23)21-24-6-4-5-9-29(24)36)30(40)19-31(41)33(43)38-12-10-37(11-13-38)27-7-2-1-3-8-27/h1-9,15-20,40H,10-14,21H2/b30-19-. The fourth-order valence-electron chi connectivity index (χ4n) is 5.08. The Hall–Kier alpha value is -5.12. The van der Waals surface area contributed by atoms with E-state index in [0.717, 1.165) is 28.5 Å². The van der Waals surface area contributed by atoms with E-state index in [2.05, 4.69) is 4.90 Å². The summed E-state index contributed by atoms with van der Waals surface area (Å²) in [6.45, 7) is 1.41. The molecular weight excluding hydrogens is 559 g/mol. The molecule has 0 bridgehead atoms. The zero-order valence-electron chi connectivity index (χ0n) is 23.1. The Balaban J connectivity index is 1.40. The number of piperazine rings is 1. The second kappa shape index (κ2) is 12.8. The molecule has 7 nitrogen and oxygen atoms in total. The number of ketones is 1. The van der Waals surface area contributed by atoms with Gasteiger partial charge < -0.3 is 19.5 Å². The van der Waals surface area contributed by atoms with Crippen LogP contribution in [0.5, 0.6) is 0 Å². The molecule has 43 heavy (non-hydrogen) atoms. The van der Waals surface area contributed by atoms with Crippen molar-refractivity contribution < 1.29 is 27.9 Å². The van der Waals surface area contributed by atoms with Gasteiger partial charge in [-0.15, -0.1) is 0 Å². The van der Waals surface area contributed by atoms with E-state index in [0.29, 0.717) is 37.8 Å². The van der Waals surface area contributed by atoms with Crippen LogP contribution in [-0.4, -0.2) is 52.4 Å². The molecule has 0 atom stereocenters. The molecule has 5 rings (SSSR count). The van der Waals surface area contributed by atoms with Gasteiger partial charge in [-0.05, 0) is 53.9 Å². The summed E-state index contributed by atoms with van der Waals surface area (Å²) >= 11 is 0. The van der Waals surface area contributed by atoms with Gasteiger partial charge in [0.2, 0.25) is 5.78 Å². The number of pyridine rings is 1. The zero-order valence-corrected chi connectivity index (χ0v) is 23.1. The minimum absolute atomic E-state index is 0.0366. The van der Waals surface area contributed by atoms with Crippen LogP contribution in [-0.2, 0) is 22.6 Å². The molecule has 1 aromatic heterocycles. The van der Waals surface area contributed by atoms with Gasteiger partial charge in [0.1, 0.15) is 23.2 Å². The van der Waals surface area contributed by atoms with Crippen LogP contribution in [0.1, 0.15) is 22.3 Å². The number of benzene rings is 3. The van der Waals surface area contributed by atoms with Crippen LogP contribution in [0.3, 0.4) is 0 Å². The van der Waals surface area contributed by atoms with Crippen LogP contribution in [0.2, 0.25) is 0 Å². The van der Waals surface area contributed by atoms with Crippen molar-refractivity contribution in [3.63, 3.8) is 0 Å². The first kappa shape index (κ1) is 29.4. The molecule has 10 heteroatoms. The Morgan fingerprint density at radius 1 is 0.814 bits per heavy atom. The first-order chi connectivity index (χ1) is 20.7. The maximum Gasteiger partial charge on any atom is 0.294 e. The van der Waals surface area contributed by atoms with E-state index < -0.39 is 40.5 Å². The summed E-state index contributed by atoms with van der Waals surface area (Å²) in [4.78, 5) is 42.6. The number of rotatable bonds is 8. The van der Waals surface area contributed by atoms with Gasteiger partial charge in [0.15, 0.2) is 0 Å². The zero-order chi connectivity index (χ0) is 30.5. The molecule has 1 N–H and O–H groups in total. The topological polar surface area (TPSA) is 82.8 Å². The molecule has 1 aliphatic heterocycles. The minimum Gasteiger partial charge on any atom is -0.507 e.